The fraction of sp³-hybridized carbons (Fsp3) is 0.133. The van der Waals surface area contributed by atoms with Crippen molar-refractivity contribution in [3.63, 3.8) is 0 Å². The van der Waals surface area contributed by atoms with Crippen molar-refractivity contribution in [1.82, 2.24) is 35.3 Å². The number of nitrogens with one attached hydrogen (secondary N) is 1. The largest absolute Gasteiger partial charge is 0.370 e. The molecule has 0 aliphatic rings. The second-order valence-electron chi connectivity index (χ2n) is 5.18. The van der Waals surface area contributed by atoms with Gasteiger partial charge in [0.05, 0.1) is 11.0 Å². The highest BCUT2D eigenvalue weighted by atomic mass is 15.5. The van der Waals surface area contributed by atoms with Crippen LogP contribution in [0.5, 0.6) is 0 Å². The molecule has 0 aliphatic carbocycles. The van der Waals surface area contributed by atoms with Crippen molar-refractivity contribution in [3.8, 4) is 0 Å². The normalized spacial score (nSPS) is 12.1. The van der Waals surface area contributed by atoms with E-state index in [1.807, 2.05) is 48.5 Å². The molecule has 3 N–H and O–H groups in total. The van der Waals surface area contributed by atoms with Crippen LogP contribution in [0.4, 0.5) is 0 Å². The smallest absolute Gasteiger partial charge is 0.191 e. The maximum atomic E-state index is 5.91. The van der Waals surface area contributed by atoms with Gasteiger partial charge in [-0.1, -0.05) is 34.7 Å². The molecule has 2 heterocycles. The Balaban J connectivity index is 1.44. The molecule has 24 heavy (non-hydrogen) atoms. The summed E-state index contributed by atoms with van der Waals surface area (Å²) in [4.78, 5) is 4.28. The molecule has 0 saturated heterocycles. The molecule has 0 aliphatic heterocycles. The third kappa shape index (κ3) is 2.62. The fourth-order valence-corrected chi connectivity index (χ4v) is 2.41. The molecule has 0 saturated carbocycles. The fourth-order valence-electron chi connectivity index (χ4n) is 2.41. The van der Waals surface area contributed by atoms with Crippen LogP contribution in [0.2, 0.25) is 0 Å². The minimum absolute atomic E-state index is 0.289. The van der Waals surface area contributed by atoms with Crippen molar-refractivity contribution in [3.05, 3.63) is 48.5 Å². The molecule has 0 amide bonds. The molecule has 120 valence electrons. The summed E-state index contributed by atoms with van der Waals surface area (Å²) in [5.41, 5.74) is 9.42. The zero-order valence-corrected chi connectivity index (χ0v) is 12.7. The van der Waals surface area contributed by atoms with Crippen molar-refractivity contribution in [2.24, 2.45) is 10.7 Å². The van der Waals surface area contributed by atoms with Gasteiger partial charge in [-0.05, 0) is 24.3 Å². The molecule has 0 atom stereocenters. The molecule has 0 fully saturated rings. The summed E-state index contributed by atoms with van der Waals surface area (Å²) in [5, 5.41) is 19.3. The van der Waals surface area contributed by atoms with Crippen LogP contribution in [0.15, 0.2) is 53.5 Å². The van der Waals surface area contributed by atoms with E-state index in [9.17, 15) is 0 Å². The topological polar surface area (TPSA) is 112 Å². The summed E-state index contributed by atoms with van der Waals surface area (Å²) in [5.74, 6) is 0.300. The third-order valence-electron chi connectivity index (χ3n) is 3.63. The van der Waals surface area contributed by atoms with Crippen molar-refractivity contribution < 1.29 is 0 Å². The first-order valence-electron chi connectivity index (χ1n) is 7.41. The monoisotopic (exact) mass is 321 g/mol. The Bertz CT molecular complexity index is 1010. The minimum atomic E-state index is 0.289. The van der Waals surface area contributed by atoms with Gasteiger partial charge in [0.1, 0.15) is 24.4 Å². The van der Waals surface area contributed by atoms with Crippen LogP contribution in [0.1, 0.15) is 0 Å². The zero-order valence-electron chi connectivity index (χ0n) is 12.7. The quantitative estimate of drug-likeness (QED) is 0.422. The van der Waals surface area contributed by atoms with E-state index in [1.54, 1.807) is 9.36 Å². The SMILES string of the molecule is NC(=NCn1nnc2ccccc21)NCn1nnc2ccccc21. The zero-order chi connectivity index (χ0) is 16.4. The third-order valence-corrected chi connectivity index (χ3v) is 3.63. The summed E-state index contributed by atoms with van der Waals surface area (Å²) in [6.45, 7) is 0.672. The predicted octanol–water partition coefficient (Wildman–Crippen LogP) is 0.695. The number of para-hydroxylation sites is 2. The first kappa shape index (κ1) is 14.1. The van der Waals surface area contributed by atoms with Gasteiger partial charge in [0.25, 0.3) is 0 Å². The summed E-state index contributed by atoms with van der Waals surface area (Å²) in [6, 6.07) is 15.4. The summed E-state index contributed by atoms with van der Waals surface area (Å²) in [6.07, 6.45) is 0. The molecule has 9 heteroatoms. The molecule has 0 spiro atoms. The lowest BCUT2D eigenvalue weighted by atomic mass is 10.3. The number of nitrogens with zero attached hydrogens (tertiary/aromatic N) is 7. The number of rotatable bonds is 4. The average molecular weight is 321 g/mol. The number of fused-ring (bicyclic) bond motifs is 2. The average Bonchev–Trinajstić information content (AvgIpc) is 3.22. The van der Waals surface area contributed by atoms with E-state index in [4.69, 9.17) is 5.73 Å². The molecule has 2 aromatic heterocycles. The molecule has 0 unspecified atom stereocenters. The summed E-state index contributed by atoms with van der Waals surface area (Å²) < 4.78 is 3.41. The Morgan fingerprint density at radius 1 is 0.917 bits per heavy atom. The highest BCUT2D eigenvalue weighted by molar-refractivity contribution is 5.78. The van der Waals surface area contributed by atoms with Crippen molar-refractivity contribution >= 4 is 28.0 Å². The van der Waals surface area contributed by atoms with E-state index in [1.165, 1.54) is 0 Å². The van der Waals surface area contributed by atoms with Crippen LogP contribution in [0, 0.1) is 0 Å². The number of nitrogens with two attached hydrogens (primary N) is 1. The number of hydrogen-bond acceptors (Lipinski definition) is 5. The van der Waals surface area contributed by atoms with Crippen molar-refractivity contribution in [2.75, 3.05) is 0 Å². The van der Waals surface area contributed by atoms with Gasteiger partial charge in [-0.15, -0.1) is 10.2 Å². The highest BCUT2D eigenvalue weighted by Gasteiger charge is 2.04. The van der Waals surface area contributed by atoms with Gasteiger partial charge in [-0.2, -0.15) is 0 Å². The molecule has 4 rings (SSSR count). The van der Waals surface area contributed by atoms with Gasteiger partial charge in [0.2, 0.25) is 0 Å². The number of benzene rings is 2. The Morgan fingerprint density at radius 3 is 2.21 bits per heavy atom. The number of aliphatic imine (C=N–C) groups is 1. The lowest BCUT2D eigenvalue weighted by molar-refractivity contribution is 0.574. The molecule has 9 nitrogen and oxygen atoms in total. The lowest BCUT2D eigenvalue weighted by Gasteiger charge is -2.06. The van der Waals surface area contributed by atoms with Crippen LogP contribution in [-0.2, 0) is 13.3 Å². The Labute approximate surface area is 136 Å². The van der Waals surface area contributed by atoms with E-state index >= 15 is 0 Å². The number of hydrogen-bond donors (Lipinski definition) is 2. The predicted molar refractivity (Wildman–Crippen MR) is 89.8 cm³/mol. The molecular weight excluding hydrogens is 306 g/mol. The van der Waals surface area contributed by atoms with Crippen LogP contribution in [0.3, 0.4) is 0 Å². The second kappa shape index (κ2) is 5.95. The van der Waals surface area contributed by atoms with Crippen molar-refractivity contribution in [2.45, 2.75) is 13.3 Å². The van der Waals surface area contributed by atoms with Gasteiger partial charge in [-0.3, -0.25) is 0 Å². The van der Waals surface area contributed by atoms with Gasteiger partial charge < -0.3 is 11.1 Å². The molecule has 0 bridgehead atoms. The van der Waals surface area contributed by atoms with E-state index in [2.05, 4.69) is 30.9 Å². The summed E-state index contributed by atoms with van der Waals surface area (Å²) >= 11 is 0. The maximum absolute atomic E-state index is 5.91. The molecule has 0 radical (unpaired) electrons. The van der Waals surface area contributed by atoms with Crippen LogP contribution in [0.25, 0.3) is 22.1 Å². The van der Waals surface area contributed by atoms with E-state index < -0.39 is 0 Å². The van der Waals surface area contributed by atoms with Crippen LogP contribution >= 0.6 is 0 Å². The van der Waals surface area contributed by atoms with E-state index in [0.29, 0.717) is 12.6 Å². The number of aromatic nitrogens is 6. The minimum Gasteiger partial charge on any atom is -0.370 e. The van der Waals surface area contributed by atoms with Crippen LogP contribution in [-0.4, -0.2) is 35.9 Å². The number of guanidine groups is 1. The second-order valence-corrected chi connectivity index (χ2v) is 5.18. The van der Waals surface area contributed by atoms with Gasteiger partial charge >= 0.3 is 0 Å². The van der Waals surface area contributed by atoms with Crippen LogP contribution < -0.4 is 11.1 Å². The first-order valence-corrected chi connectivity index (χ1v) is 7.41. The Hall–Kier alpha value is -3.49. The van der Waals surface area contributed by atoms with Gasteiger partial charge in [0, 0.05) is 0 Å². The lowest BCUT2D eigenvalue weighted by Crippen LogP contribution is -2.33. The summed E-state index contributed by atoms with van der Waals surface area (Å²) in [7, 11) is 0. The Morgan fingerprint density at radius 2 is 1.50 bits per heavy atom. The first-order chi connectivity index (χ1) is 11.8. The maximum Gasteiger partial charge on any atom is 0.191 e. The Kier molecular flexibility index (Phi) is 3.50. The van der Waals surface area contributed by atoms with Crippen molar-refractivity contribution in [1.29, 1.82) is 0 Å². The van der Waals surface area contributed by atoms with Gasteiger partial charge in [0.15, 0.2) is 5.96 Å². The van der Waals surface area contributed by atoms with E-state index in [-0.39, 0.29) is 6.67 Å². The molecule has 2 aromatic carbocycles. The molecule has 4 aromatic rings. The van der Waals surface area contributed by atoms with Gasteiger partial charge in [-0.25, -0.2) is 14.4 Å². The van der Waals surface area contributed by atoms with E-state index in [0.717, 1.165) is 22.1 Å². The molecular formula is C15H15N9. The standard InChI is InChI=1S/C15H15N9/c16-15(17-9-23-13-7-3-1-5-11(13)19-21-23)18-10-24-14-8-4-2-6-12(14)20-22-24/h1-8H,9-10H2,(H3,16,17,18). The highest BCUT2D eigenvalue weighted by Crippen LogP contribution is 2.10.